The van der Waals surface area contributed by atoms with Crippen molar-refractivity contribution < 1.29 is 19.2 Å². The smallest absolute Gasteiger partial charge is 0.330 e. The summed E-state index contributed by atoms with van der Waals surface area (Å²) >= 11 is 0. The first-order valence-corrected chi connectivity index (χ1v) is 7.43. The monoisotopic (exact) mass is 323 g/mol. The van der Waals surface area contributed by atoms with Gasteiger partial charge in [-0.2, -0.15) is 0 Å². The topological polar surface area (TPSA) is 104 Å². The van der Waals surface area contributed by atoms with Crippen molar-refractivity contribution in [2.45, 2.75) is 44.8 Å². The Morgan fingerprint density at radius 3 is 2.78 bits per heavy atom. The van der Waals surface area contributed by atoms with Crippen LogP contribution in [-0.2, 0) is 9.53 Å². The lowest BCUT2D eigenvalue weighted by Gasteiger charge is -2.31. The van der Waals surface area contributed by atoms with Gasteiger partial charge in [0.1, 0.15) is 24.2 Å². The standard InChI is InChI=1S/C15H21N3O5/c1-14(2,3)23-13(19)15(5-4-6-17-15)10-22-12-7-11(18(20)21)8-16-9-12/h7-9,17H,4-6,10H2,1-3H3/t15-/m0/s1. The molecule has 8 heteroatoms. The van der Waals surface area contributed by atoms with Gasteiger partial charge in [0.2, 0.25) is 0 Å². The van der Waals surface area contributed by atoms with Crippen molar-refractivity contribution in [2.24, 2.45) is 0 Å². The number of esters is 1. The molecule has 1 atom stereocenters. The molecule has 1 fully saturated rings. The maximum atomic E-state index is 12.5. The first-order valence-electron chi connectivity index (χ1n) is 7.43. The molecule has 2 heterocycles. The maximum absolute atomic E-state index is 12.5. The quantitative estimate of drug-likeness (QED) is 0.501. The average Bonchev–Trinajstić information content (AvgIpc) is 2.94. The molecule has 0 saturated carbocycles. The summed E-state index contributed by atoms with van der Waals surface area (Å²) in [4.78, 5) is 26.5. The number of nitrogens with one attached hydrogen (secondary N) is 1. The van der Waals surface area contributed by atoms with Crippen LogP contribution in [-0.4, -0.2) is 40.2 Å². The van der Waals surface area contributed by atoms with E-state index in [2.05, 4.69) is 10.3 Å². The van der Waals surface area contributed by atoms with Crippen LogP contribution in [0.2, 0.25) is 0 Å². The first-order chi connectivity index (χ1) is 10.7. The number of hydrogen-bond acceptors (Lipinski definition) is 7. The molecule has 23 heavy (non-hydrogen) atoms. The first kappa shape index (κ1) is 17.1. The Bertz CT molecular complexity index is 591. The van der Waals surface area contributed by atoms with E-state index in [1.165, 1.54) is 12.3 Å². The Hall–Kier alpha value is -2.22. The Balaban J connectivity index is 2.10. The largest absolute Gasteiger partial charge is 0.489 e. The fourth-order valence-corrected chi connectivity index (χ4v) is 2.33. The second kappa shape index (κ2) is 6.49. The highest BCUT2D eigenvalue weighted by Crippen LogP contribution is 2.26. The van der Waals surface area contributed by atoms with Crippen LogP contribution < -0.4 is 10.1 Å². The van der Waals surface area contributed by atoms with Crippen LogP contribution in [0.3, 0.4) is 0 Å². The van der Waals surface area contributed by atoms with Gasteiger partial charge in [-0.1, -0.05) is 0 Å². The molecule has 1 saturated heterocycles. The summed E-state index contributed by atoms with van der Waals surface area (Å²) in [6.07, 6.45) is 3.94. The molecule has 0 unspecified atom stereocenters. The molecule has 0 bridgehead atoms. The Morgan fingerprint density at radius 2 is 2.22 bits per heavy atom. The van der Waals surface area contributed by atoms with E-state index in [1.54, 1.807) is 20.8 Å². The molecule has 126 valence electrons. The molecule has 0 spiro atoms. The van der Waals surface area contributed by atoms with E-state index in [1.807, 2.05) is 0 Å². The van der Waals surface area contributed by atoms with E-state index >= 15 is 0 Å². The van der Waals surface area contributed by atoms with E-state index in [-0.39, 0.29) is 24.0 Å². The number of pyridine rings is 1. The average molecular weight is 323 g/mol. The number of nitro groups is 1. The lowest BCUT2D eigenvalue weighted by Crippen LogP contribution is -2.54. The number of carbonyl (C=O) groups excluding carboxylic acids is 1. The SMILES string of the molecule is CC(C)(C)OC(=O)[C@@]1(COc2cncc([N+](=O)[O-])c2)CCCN1. The Labute approximate surface area is 134 Å². The summed E-state index contributed by atoms with van der Waals surface area (Å²) < 4.78 is 11.1. The van der Waals surface area contributed by atoms with Crippen LogP contribution >= 0.6 is 0 Å². The molecule has 2 rings (SSSR count). The molecular weight excluding hydrogens is 302 g/mol. The van der Waals surface area contributed by atoms with Crippen LogP contribution in [0.4, 0.5) is 5.69 Å². The van der Waals surface area contributed by atoms with Crippen molar-refractivity contribution in [2.75, 3.05) is 13.2 Å². The van der Waals surface area contributed by atoms with Gasteiger partial charge in [0, 0.05) is 0 Å². The number of nitrogens with zero attached hydrogens (tertiary/aromatic N) is 2. The third-order valence-corrected chi connectivity index (χ3v) is 3.43. The highest BCUT2D eigenvalue weighted by Gasteiger charge is 2.45. The zero-order chi connectivity index (χ0) is 17.1. The molecule has 0 aliphatic carbocycles. The second-order valence-electron chi connectivity index (χ2n) is 6.54. The van der Waals surface area contributed by atoms with Crippen molar-refractivity contribution in [1.82, 2.24) is 10.3 Å². The minimum absolute atomic E-state index is 0.0325. The second-order valence-corrected chi connectivity index (χ2v) is 6.54. The molecule has 1 aliphatic heterocycles. The van der Waals surface area contributed by atoms with Crippen molar-refractivity contribution in [3.63, 3.8) is 0 Å². The third-order valence-electron chi connectivity index (χ3n) is 3.43. The fraction of sp³-hybridized carbons (Fsp3) is 0.600. The van der Waals surface area contributed by atoms with Gasteiger partial charge in [-0.05, 0) is 40.2 Å². The van der Waals surface area contributed by atoms with Crippen molar-refractivity contribution >= 4 is 11.7 Å². The molecule has 1 N–H and O–H groups in total. The zero-order valence-corrected chi connectivity index (χ0v) is 13.5. The Kier molecular flexibility index (Phi) is 4.84. The van der Waals surface area contributed by atoms with Gasteiger partial charge in [0.25, 0.3) is 5.69 Å². The fourth-order valence-electron chi connectivity index (χ4n) is 2.33. The minimum Gasteiger partial charge on any atom is -0.489 e. The van der Waals surface area contributed by atoms with E-state index in [0.717, 1.165) is 12.6 Å². The predicted octanol–water partition coefficient (Wildman–Crippen LogP) is 1.83. The van der Waals surface area contributed by atoms with E-state index in [0.29, 0.717) is 13.0 Å². The zero-order valence-electron chi connectivity index (χ0n) is 13.5. The van der Waals surface area contributed by atoms with Crippen molar-refractivity contribution in [1.29, 1.82) is 0 Å². The van der Waals surface area contributed by atoms with Gasteiger partial charge in [0.15, 0.2) is 5.54 Å². The molecular formula is C15H21N3O5. The normalized spacial score (nSPS) is 21.0. The number of carbonyl (C=O) groups is 1. The van der Waals surface area contributed by atoms with Crippen LogP contribution in [0.1, 0.15) is 33.6 Å². The predicted molar refractivity (Wildman–Crippen MR) is 82.2 cm³/mol. The highest BCUT2D eigenvalue weighted by molar-refractivity contribution is 5.82. The van der Waals surface area contributed by atoms with Crippen molar-refractivity contribution in [3.05, 3.63) is 28.6 Å². The van der Waals surface area contributed by atoms with Gasteiger partial charge in [0.05, 0.1) is 17.2 Å². The molecule has 0 aromatic carbocycles. The van der Waals surface area contributed by atoms with Crippen LogP contribution in [0.25, 0.3) is 0 Å². The Morgan fingerprint density at radius 1 is 1.48 bits per heavy atom. The number of rotatable bonds is 5. The summed E-state index contributed by atoms with van der Waals surface area (Å²) in [6.45, 7) is 6.14. The van der Waals surface area contributed by atoms with Gasteiger partial charge < -0.3 is 9.47 Å². The summed E-state index contributed by atoms with van der Waals surface area (Å²) in [5, 5.41) is 13.9. The van der Waals surface area contributed by atoms with E-state index in [9.17, 15) is 14.9 Å². The summed E-state index contributed by atoms with van der Waals surface area (Å²) in [5.74, 6) is -0.128. The van der Waals surface area contributed by atoms with Crippen LogP contribution in [0.5, 0.6) is 5.75 Å². The molecule has 8 nitrogen and oxygen atoms in total. The maximum Gasteiger partial charge on any atom is 0.330 e. The summed E-state index contributed by atoms with van der Waals surface area (Å²) in [7, 11) is 0. The number of ether oxygens (including phenoxy) is 2. The van der Waals surface area contributed by atoms with Gasteiger partial charge in [-0.25, -0.2) is 4.79 Å². The lowest BCUT2D eigenvalue weighted by molar-refractivity contribution is -0.385. The lowest BCUT2D eigenvalue weighted by atomic mass is 9.98. The van der Waals surface area contributed by atoms with Gasteiger partial charge in [-0.15, -0.1) is 0 Å². The van der Waals surface area contributed by atoms with Gasteiger partial charge >= 0.3 is 5.97 Å². The third kappa shape index (κ3) is 4.38. The minimum atomic E-state index is -0.933. The molecule has 0 amide bonds. The van der Waals surface area contributed by atoms with Crippen LogP contribution in [0.15, 0.2) is 18.5 Å². The molecule has 1 aromatic heterocycles. The van der Waals surface area contributed by atoms with Crippen LogP contribution in [0, 0.1) is 10.1 Å². The van der Waals surface area contributed by atoms with Crippen molar-refractivity contribution in [3.8, 4) is 5.75 Å². The van der Waals surface area contributed by atoms with Gasteiger partial charge in [-0.3, -0.25) is 20.4 Å². The van der Waals surface area contributed by atoms with E-state index < -0.39 is 16.1 Å². The number of hydrogen-bond donors (Lipinski definition) is 1. The summed E-state index contributed by atoms with van der Waals surface area (Å²) in [5.41, 5.74) is -1.69. The molecule has 1 aliphatic rings. The summed E-state index contributed by atoms with van der Waals surface area (Å²) in [6, 6.07) is 1.28. The van der Waals surface area contributed by atoms with E-state index in [4.69, 9.17) is 9.47 Å². The highest BCUT2D eigenvalue weighted by atomic mass is 16.6. The number of aromatic nitrogens is 1. The molecule has 0 radical (unpaired) electrons. The molecule has 1 aromatic rings.